The van der Waals surface area contributed by atoms with Crippen molar-refractivity contribution in [3.05, 3.63) is 30.3 Å². The smallest absolute Gasteiger partial charge is 0.182 e. The van der Waals surface area contributed by atoms with E-state index in [4.69, 9.17) is 0 Å². The van der Waals surface area contributed by atoms with E-state index >= 15 is 0 Å². The van der Waals surface area contributed by atoms with E-state index in [1.165, 1.54) is 0 Å². The molecule has 1 aliphatic rings. The van der Waals surface area contributed by atoms with Crippen molar-refractivity contribution in [1.82, 2.24) is 10.3 Å². The number of hydrazine groups is 1. The molecule has 1 heterocycles. The number of halogens is 1. The summed E-state index contributed by atoms with van der Waals surface area (Å²) in [6.45, 7) is 1.89. The first-order chi connectivity index (χ1) is 6.86. The van der Waals surface area contributed by atoms with Crippen molar-refractivity contribution in [2.24, 2.45) is 0 Å². The number of hydrogen-bond donors (Lipinski definition) is 2. The van der Waals surface area contributed by atoms with Crippen molar-refractivity contribution < 1.29 is 4.39 Å². The molecule has 76 valence electrons. The van der Waals surface area contributed by atoms with Gasteiger partial charge in [0.15, 0.2) is 6.30 Å². The second kappa shape index (κ2) is 4.39. The van der Waals surface area contributed by atoms with Crippen LogP contribution in [0.2, 0.25) is 0 Å². The van der Waals surface area contributed by atoms with Crippen LogP contribution in [0.5, 0.6) is 0 Å². The van der Waals surface area contributed by atoms with Gasteiger partial charge in [-0.15, -0.1) is 0 Å². The molecule has 1 saturated heterocycles. The van der Waals surface area contributed by atoms with E-state index in [1.54, 1.807) is 5.01 Å². The molecule has 1 aliphatic heterocycles. The first-order valence-electron chi connectivity index (χ1n) is 4.79. The predicted molar refractivity (Wildman–Crippen MR) is 54.5 cm³/mol. The molecule has 0 saturated carbocycles. The van der Waals surface area contributed by atoms with Gasteiger partial charge in [-0.1, -0.05) is 18.2 Å². The standard InChI is InChI=1S/C10H14FN3/c11-10-8-12-6-7-14(10)13-9-4-2-1-3-5-9/h1-5,10,12-13H,6-8H2. The SMILES string of the molecule is FC1CNCCN1Nc1ccccc1. The van der Waals surface area contributed by atoms with Crippen LogP contribution in [0.15, 0.2) is 30.3 Å². The number of nitrogens with one attached hydrogen (secondary N) is 2. The van der Waals surface area contributed by atoms with Gasteiger partial charge in [0.05, 0.1) is 0 Å². The third kappa shape index (κ3) is 2.21. The van der Waals surface area contributed by atoms with Crippen molar-refractivity contribution in [1.29, 1.82) is 0 Å². The zero-order valence-corrected chi connectivity index (χ0v) is 7.91. The Morgan fingerprint density at radius 1 is 1.36 bits per heavy atom. The van der Waals surface area contributed by atoms with Crippen molar-refractivity contribution in [2.45, 2.75) is 6.30 Å². The fraction of sp³-hybridized carbons (Fsp3) is 0.400. The summed E-state index contributed by atoms with van der Waals surface area (Å²) in [5.74, 6) is 0. The van der Waals surface area contributed by atoms with Crippen LogP contribution in [0, 0.1) is 0 Å². The number of para-hydroxylation sites is 1. The summed E-state index contributed by atoms with van der Waals surface area (Å²) in [7, 11) is 0. The van der Waals surface area contributed by atoms with E-state index in [0.29, 0.717) is 13.1 Å². The van der Waals surface area contributed by atoms with E-state index < -0.39 is 6.30 Å². The van der Waals surface area contributed by atoms with Crippen LogP contribution < -0.4 is 10.7 Å². The molecule has 0 aromatic heterocycles. The van der Waals surface area contributed by atoms with Gasteiger partial charge in [-0.25, -0.2) is 4.39 Å². The molecular weight excluding hydrogens is 181 g/mol. The maximum Gasteiger partial charge on any atom is 0.182 e. The molecule has 0 amide bonds. The van der Waals surface area contributed by atoms with E-state index in [-0.39, 0.29) is 0 Å². The summed E-state index contributed by atoms with van der Waals surface area (Å²) < 4.78 is 13.3. The van der Waals surface area contributed by atoms with Gasteiger partial charge in [0.25, 0.3) is 0 Å². The summed E-state index contributed by atoms with van der Waals surface area (Å²) in [6, 6.07) is 9.65. The van der Waals surface area contributed by atoms with E-state index in [9.17, 15) is 4.39 Å². The molecule has 3 nitrogen and oxygen atoms in total. The summed E-state index contributed by atoms with van der Waals surface area (Å²) >= 11 is 0. The number of rotatable bonds is 2. The lowest BCUT2D eigenvalue weighted by Crippen LogP contribution is -2.51. The third-order valence-electron chi connectivity index (χ3n) is 2.23. The number of nitrogens with zero attached hydrogens (tertiary/aromatic N) is 1. The fourth-order valence-corrected chi connectivity index (χ4v) is 1.48. The Labute approximate surface area is 82.9 Å². The van der Waals surface area contributed by atoms with E-state index in [2.05, 4.69) is 10.7 Å². The predicted octanol–water partition coefficient (Wildman–Crippen LogP) is 1.21. The summed E-state index contributed by atoms with van der Waals surface area (Å²) in [4.78, 5) is 0. The minimum absolute atomic E-state index is 0.389. The lowest BCUT2D eigenvalue weighted by atomic mass is 10.3. The van der Waals surface area contributed by atoms with Gasteiger partial charge in [0, 0.05) is 25.3 Å². The highest BCUT2D eigenvalue weighted by atomic mass is 19.1. The number of benzene rings is 1. The average Bonchev–Trinajstić information content (AvgIpc) is 2.23. The van der Waals surface area contributed by atoms with Gasteiger partial charge < -0.3 is 10.7 Å². The van der Waals surface area contributed by atoms with Gasteiger partial charge in [-0.3, -0.25) is 0 Å². The van der Waals surface area contributed by atoms with Crippen LogP contribution >= 0.6 is 0 Å². The molecule has 2 N–H and O–H groups in total. The van der Waals surface area contributed by atoms with Gasteiger partial charge in [-0.2, -0.15) is 5.01 Å². The van der Waals surface area contributed by atoms with E-state index in [1.807, 2.05) is 30.3 Å². The van der Waals surface area contributed by atoms with E-state index in [0.717, 1.165) is 12.2 Å². The Morgan fingerprint density at radius 2 is 2.14 bits per heavy atom. The number of piperazine rings is 1. The average molecular weight is 195 g/mol. The molecule has 1 unspecified atom stereocenters. The van der Waals surface area contributed by atoms with Gasteiger partial charge in [0.2, 0.25) is 0 Å². The molecule has 1 aromatic carbocycles. The van der Waals surface area contributed by atoms with Crippen LogP contribution in [0.25, 0.3) is 0 Å². The molecule has 0 spiro atoms. The molecule has 0 radical (unpaired) electrons. The van der Waals surface area contributed by atoms with Crippen molar-refractivity contribution in [2.75, 3.05) is 25.1 Å². The molecule has 0 aliphatic carbocycles. The van der Waals surface area contributed by atoms with Crippen LogP contribution in [-0.4, -0.2) is 30.9 Å². The molecule has 2 rings (SSSR count). The van der Waals surface area contributed by atoms with Gasteiger partial charge in [0.1, 0.15) is 0 Å². The topological polar surface area (TPSA) is 27.3 Å². The summed E-state index contributed by atoms with van der Waals surface area (Å²) in [6.07, 6.45) is -0.955. The van der Waals surface area contributed by atoms with Crippen molar-refractivity contribution in [3.8, 4) is 0 Å². The highest BCUT2D eigenvalue weighted by molar-refractivity contribution is 5.41. The van der Waals surface area contributed by atoms with Crippen LogP contribution in [0.3, 0.4) is 0 Å². The second-order valence-electron chi connectivity index (χ2n) is 3.31. The number of hydrogen-bond acceptors (Lipinski definition) is 3. The Balaban J connectivity index is 1.96. The maximum atomic E-state index is 13.3. The van der Waals surface area contributed by atoms with Crippen LogP contribution in [0.1, 0.15) is 0 Å². The molecule has 14 heavy (non-hydrogen) atoms. The molecule has 4 heteroatoms. The first kappa shape index (κ1) is 9.43. The lowest BCUT2D eigenvalue weighted by Gasteiger charge is -2.31. The lowest BCUT2D eigenvalue weighted by molar-refractivity contribution is 0.0830. The van der Waals surface area contributed by atoms with Crippen molar-refractivity contribution >= 4 is 5.69 Å². The second-order valence-corrected chi connectivity index (χ2v) is 3.31. The minimum Gasteiger partial charge on any atom is -0.316 e. The highest BCUT2D eigenvalue weighted by Gasteiger charge is 2.20. The third-order valence-corrected chi connectivity index (χ3v) is 2.23. The van der Waals surface area contributed by atoms with Crippen molar-refractivity contribution in [3.63, 3.8) is 0 Å². The monoisotopic (exact) mass is 195 g/mol. The van der Waals surface area contributed by atoms with Gasteiger partial charge in [-0.05, 0) is 12.1 Å². The number of alkyl halides is 1. The fourth-order valence-electron chi connectivity index (χ4n) is 1.48. The molecule has 1 fully saturated rings. The zero-order chi connectivity index (χ0) is 9.80. The molecule has 0 bridgehead atoms. The molecule has 1 atom stereocenters. The van der Waals surface area contributed by atoms with Crippen LogP contribution in [-0.2, 0) is 0 Å². The Kier molecular flexibility index (Phi) is 2.96. The van der Waals surface area contributed by atoms with Crippen LogP contribution in [0.4, 0.5) is 10.1 Å². The summed E-state index contributed by atoms with van der Waals surface area (Å²) in [5.41, 5.74) is 3.98. The minimum atomic E-state index is -0.955. The normalized spacial score (nSPS) is 23.4. The Hall–Kier alpha value is -1.13. The quantitative estimate of drug-likeness (QED) is 0.695. The molecular formula is C10H14FN3. The zero-order valence-electron chi connectivity index (χ0n) is 7.91. The Morgan fingerprint density at radius 3 is 2.86 bits per heavy atom. The Bertz CT molecular complexity index is 278. The number of anilines is 1. The molecule has 1 aromatic rings. The first-order valence-corrected chi connectivity index (χ1v) is 4.79. The maximum absolute atomic E-state index is 13.3. The van der Waals surface area contributed by atoms with Gasteiger partial charge >= 0.3 is 0 Å². The highest BCUT2D eigenvalue weighted by Crippen LogP contribution is 2.10. The summed E-state index contributed by atoms with van der Waals surface area (Å²) in [5, 5.41) is 4.61. The largest absolute Gasteiger partial charge is 0.316 e.